The van der Waals surface area contributed by atoms with E-state index in [-0.39, 0.29) is 29.2 Å². The third-order valence-corrected chi connectivity index (χ3v) is 5.54. The van der Waals surface area contributed by atoms with E-state index in [1.807, 2.05) is 0 Å². The average molecular weight is 484 g/mol. The lowest BCUT2D eigenvalue weighted by Crippen LogP contribution is -2.47. The van der Waals surface area contributed by atoms with Crippen molar-refractivity contribution in [3.8, 4) is 5.69 Å². The number of alkyl halides is 5. The number of rotatable bonds is 5. The van der Waals surface area contributed by atoms with Gasteiger partial charge in [-0.1, -0.05) is 6.07 Å². The lowest BCUT2D eigenvalue weighted by molar-refractivity contribution is -0.137. The zero-order chi connectivity index (χ0) is 24.7. The van der Waals surface area contributed by atoms with E-state index in [0.717, 1.165) is 21.8 Å². The minimum atomic E-state index is -4.59. The number of nitrogens with zero attached hydrogens (tertiary/aromatic N) is 5. The van der Waals surface area contributed by atoms with Crippen LogP contribution in [0.5, 0.6) is 0 Å². The molecule has 180 valence electrons. The van der Waals surface area contributed by atoms with Gasteiger partial charge in [0, 0.05) is 25.7 Å². The fraction of sp³-hybridized carbons (Fsp3) is 0.333. The van der Waals surface area contributed by atoms with E-state index in [9.17, 15) is 31.1 Å². The van der Waals surface area contributed by atoms with Crippen molar-refractivity contribution in [3.63, 3.8) is 0 Å². The molecule has 3 aromatic rings. The number of nitrogens with one attached hydrogen (secondary N) is 1. The molecule has 1 aliphatic heterocycles. The number of amides is 1. The highest BCUT2D eigenvalue weighted by atomic mass is 19.4. The molecule has 1 N–H and O–H groups in total. The van der Waals surface area contributed by atoms with E-state index in [4.69, 9.17) is 0 Å². The topological polar surface area (TPSA) is 75.9 Å². The Kier molecular flexibility index (Phi) is 5.96. The first-order valence-electron chi connectivity index (χ1n) is 10.1. The van der Waals surface area contributed by atoms with Gasteiger partial charge in [-0.2, -0.15) is 23.4 Å². The molecule has 2 aromatic heterocycles. The number of hydrogen-bond acceptors (Lipinski definition) is 5. The molecule has 0 saturated carbocycles. The Morgan fingerprint density at radius 1 is 1.18 bits per heavy atom. The molecule has 1 aliphatic rings. The summed E-state index contributed by atoms with van der Waals surface area (Å²) >= 11 is 0. The second kappa shape index (κ2) is 8.61. The molecular formula is C21H18F6N6O. The normalized spacial score (nSPS) is 17.7. The summed E-state index contributed by atoms with van der Waals surface area (Å²) in [4.78, 5) is 18.7. The summed E-state index contributed by atoms with van der Waals surface area (Å²) < 4.78 is 82.3. The summed E-state index contributed by atoms with van der Waals surface area (Å²) in [5.74, 6) is -4.97. The molecule has 1 amide bonds. The Hall–Kier alpha value is -3.64. The largest absolute Gasteiger partial charge is 0.417 e. The molecule has 1 unspecified atom stereocenters. The van der Waals surface area contributed by atoms with Gasteiger partial charge in [0.2, 0.25) is 0 Å². The molecule has 0 aliphatic carbocycles. The van der Waals surface area contributed by atoms with Crippen LogP contribution in [0.4, 0.5) is 32.2 Å². The van der Waals surface area contributed by atoms with Gasteiger partial charge in [-0.3, -0.25) is 4.79 Å². The van der Waals surface area contributed by atoms with Crippen molar-refractivity contribution < 1.29 is 31.1 Å². The fourth-order valence-electron chi connectivity index (χ4n) is 3.71. The molecule has 1 atom stereocenters. The van der Waals surface area contributed by atoms with Crippen LogP contribution >= 0.6 is 0 Å². The quantitative estimate of drug-likeness (QED) is 0.553. The number of benzene rings is 1. The Morgan fingerprint density at radius 2 is 1.88 bits per heavy atom. The van der Waals surface area contributed by atoms with E-state index in [0.29, 0.717) is 6.20 Å². The maximum absolute atomic E-state index is 14.9. The van der Waals surface area contributed by atoms with Gasteiger partial charge in [0.05, 0.1) is 23.5 Å². The van der Waals surface area contributed by atoms with Crippen LogP contribution in [0.25, 0.3) is 5.69 Å². The third-order valence-electron chi connectivity index (χ3n) is 5.54. The number of likely N-dealkylation sites (tertiary alicyclic amines) is 1. The van der Waals surface area contributed by atoms with Crippen molar-refractivity contribution in [2.75, 3.05) is 18.4 Å². The van der Waals surface area contributed by atoms with E-state index >= 15 is 0 Å². The highest BCUT2D eigenvalue weighted by Crippen LogP contribution is 2.36. The van der Waals surface area contributed by atoms with Crippen molar-refractivity contribution in [2.45, 2.75) is 31.5 Å². The van der Waals surface area contributed by atoms with Crippen LogP contribution in [-0.2, 0) is 6.18 Å². The number of aryl methyl sites for hydroxylation is 1. The van der Waals surface area contributed by atoms with Crippen LogP contribution in [0.15, 0.2) is 42.9 Å². The molecule has 1 fully saturated rings. The zero-order valence-electron chi connectivity index (χ0n) is 17.7. The standard InChI is InChI=1S/C21H18F6N6O/c1-12-2-4-14(18(17(12)22)33-30-7-8-31-33)19(34)32-9-6-20(23,24)15(32)11-29-16-5-3-13(10-28-16)21(25,26)27/h2-5,7-8,10,15H,6,9,11H2,1H3,(H,28,29). The number of pyridine rings is 1. The van der Waals surface area contributed by atoms with Crippen molar-refractivity contribution >= 4 is 11.7 Å². The Morgan fingerprint density at radius 3 is 2.50 bits per heavy atom. The Labute approximate surface area is 189 Å². The molecule has 0 radical (unpaired) electrons. The predicted octanol–water partition coefficient (Wildman–Crippen LogP) is 4.09. The van der Waals surface area contributed by atoms with Gasteiger partial charge < -0.3 is 10.2 Å². The maximum atomic E-state index is 14.9. The molecule has 1 aromatic carbocycles. The summed E-state index contributed by atoms with van der Waals surface area (Å²) in [6, 6.07) is 2.80. The highest BCUT2D eigenvalue weighted by molar-refractivity contribution is 5.98. The van der Waals surface area contributed by atoms with Gasteiger partial charge in [0.25, 0.3) is 11.8 Å². The summed E-state index contributed by atoms with van der Waals surface area (Å²) in [5, 5.41) is 10.3. The van der Waals surface area contributed by atoms with Gasteiger partial charge in [0.15, 0.2) is 5.82 Å². The lowest BCUT2D eigenvalue weighted by atomic mass is 10.1. The predicted molar refractivity (Wildman–Crippen MR) is 108 cm³/mol. The minimum absolute atomic E-state index is 0.0640. The van der Waals surface area contributed by atoms with Crippen molar-refractivity contribution in [2.24, 2.45) is 0 Å². The summed E-state index contributed by atoms with van der Waals surface area (Å²) in [6.07, 6.45) is -2.07. The first kappa shape index (κ1) is 23.5. The van der Waals surface area contributed by atoms with Gasteiger partial charge in [0.1, 0.15) is 17.5 Å². The average Bonchev–Trinajstić information content (AvgIpc) is 3.41. The number of carbonyl (C=O) groups is 1. The van der Waals surface area contributed by atoms with Crippen molar-refractivity contribution in [1.29, 1.82) is 0 Å². The number of halogens is 6. The first-order chi connectivity index (χ1) is 16.0. The van der Waals surface area contributed by atoms with Gasteiger partial charge in [-0.25, -0.2) is 18.2 Å². The smallest absolute Gasteiger partial charge is 0.368 e. The summed E-state index contributed by atoms with van der Waals surface area (Å²) in [6.45, 7) is 0.686. The van der Waals surface area contributed by atoms with Gasteiger partial charge in [-0.05, 0) is 30.7 Å². The Bertz CT molecular complexity index is 1180. The molecular weight excluding hydrogens is 466 g/mol. The van der Waals surface area contributed by atoms with E-state index < -0.39 is 48.4 Å². The number of aromatic nitrogens is 4. The van der Waals surface area contributed by atoms with Crippen LogP contribution in [-0.4, -0.2) is 55.8 Å². The molecule has 0 bridgehead atoms. The van der Waals surface area contributed by atoms with Gasteiger partial charge >= 0.3 is 6.18 Å². The maximum Gasteiger partial charge on any atom is 0.417 e. The number of carbonyl (C=O) groups excluding carboxylic acids is 1. The lowest BCUT2D eigenvalue weighted by Gasteiger charge is -2.28. The SMILES string of the molecule is Cc1ccc(C(=O)N2CCC(F)(F)C2CNc2ccc(C(F)(F)F)cn2)c(-n2nccn2)c1F. The summed E-state index contributed by atoms with van der Waals surface area (Å²) in [7, 11) is 0. The molecule has 34 heavy (non-hydrogen) atoms. The molecule has 1 saturated heterocycles. The first-order valence-corrected chi connectivity index (χ1v) is 10.1. The van der Waals surface area contributed by atoms with E-state index in [1.165, 1.54) is 31.5 Å². The van der Waals surface area contributed by atoms with Crippen LogP contribution in [0.1, 0.15) is 27.9 Å². The van der Waals surface area contributed by atoms with E-state index in [2.05, 4.69) is 20.5 Å². The second-order valence-electron chi connectivity index (χ2n) is 7.75. The van der Waals surface area contributed by atoms with Gasteiger partial charge in [-0.15, -0.1) is 4.80 Å². The van der Waals surface area contributed by atoms with Crippen LogP contribution in [0.3, 0.4) is 0 Å². The van der Waals surface area contributed by atoms with Crippen LogP contribution in [0.2, 0.25) is 0 Å². The monoisotopic (exact) mass is 484 g/mol. The van der Waals surface area contributed by atoms with Crippen molar-refractivity contribution in [1.82, 2.24) is 24.9 Å². The number of hydrogen-bond donors (Lipinski definition) is 1. The minimum Gasteiger partial charge on any atom is -0.368 e. The molecule has 13 heteroatoms. The van der Waals surface area contributed by atoms with Crippen LogP contribution in [0, 0.1) is 12.7 Å². The fourth-order valence-corrected chi connectivity index (χ4v) is 3.71. The summed E-state index contributed by atoms with van der Waals surface area (Å²) in [5.41, 5.74) is -1.24. The molecule has 7 nitrogen and oxygen atoms in total. The highest BCUT2D eigenvalue weighted by Gasteiger charge is 2.51. The number of anilines is 1. The molecule has 3 heterocycles. The Balaban J connectivity index is 1.59. The zero-order valence-corrected chi connectivity index (χ0v) is 17.7. The van der Waals surface area contributed by atoms with Crippen molar-refractivity contribution in [3.05, 3.63) is 65.4 Å². The van der Waals surface area contributed by atoms with Crippen LogP contribution < -0.4 is 5.32 Å². The second-order valence-corrected chi connectivity index (χ2v) is 7.75. The molecule has 0 spiro atoms. The van der Waals surface area contributed by atoms with E-state index in [1.54, 1.807) is 0 Å². The molecule has 4 rings (SSSR count). The third kappa shape index (κ3) is 4.41.